The van der Waals surface area contributed by atoms with E-state index in [9.17, 15) is 4.79 Å². The average Bonchev–Trinajstić information content (AvgIpc) is 2.35. The molecule has 0 atom stereocenters. The second-order valence-electron chi connectivity index (χ2n) is 5.31. The number of aromatic nitrogens is 1. The van der Waals surface area contributed by atoms with Crippen LogP contribution < -0.4 is 5.32 Å². The highest BCUT2D eigenvalue weighted by Gasteiger charge is 2.17. The molecule has 20 heavy (non-hydrogen) atoms. The van der Waals surface area contributed by atoms with E-state index in [1.807, 2.05) is 18.2 Å². The van der Waals surface area contributed by atoms with E-state index < -0.39 is 11.7 Å². The molecule has 2 aromatic rings. The van der Waals surface area contributed by atoms with Crippen molar-refractivity contribution in [2.45, 2.75) is 26.4 Å². The van der Waals surface area contributed by atoms with Gasteiger partial charge in [-0.05, 0) is 32.9 Å². The Bertz CT molecular complexity index is 696. The van der Waals surface area contributed by atoms with Crippen LogP contribution in [0.4, 0.5) is 10.6 Å². The third kappa shape index (κ3) is 3.23. The fraction of sp³-hybridized carbons (Fsp3) is 0.267. The number of nitriles is 1. The summed E-state index contributed by atoms with van der Waals surface area (Å²) in [4.78, 5) is 16.0. The molecule has 0 bridgehead atoms. The Kier molecular flexibility index (Phi) is 3.57. The Labute approximate surface area is 117 Å². The van der Waals surface area contributed by atoms with Crippen LogP contribution in [0.5, 0.6) is 0 Å². The van der Waals surface area contributed by atoms with E-state index >= 15 is 0 Å². The Morgan fingerprint density at radius 1 is 1.35 bits per heavy atom. The molecule has 2 rings (SSSR count). The van der Waals surface area contributed by atoms with Crippen LogP contribution in [0, 0.1) is 11.3 Å². The van der Waals surface area contributed by atoms with Gasteiger partial charge in [0.05, 0.1) is 17.1 Å². The van der Waals surface area contributed by atoms with Gasteiger partial charge in [0, 0.05) is 5.39 Å². The van der Waals surface area contributed by atoms with Gasteiger partial charge in [-0.2, -0.15) is 5.26 Å². The van der Waals surface area contributed by atoms with Crippen molar-refractivity contribution >= 4 is 22.8 Å². The fourth-order valence-electron chi connectivity index (χ4n) is 1.74. The van der Waals surface area contributed by atoms with Crippen LogP contribution in [0.1, 0.15) is 26.3 Å². The maximum Gasteiger partial charge on any atom is 0.413 e. The number of anilines is 1. The molecular weight excluding hydrogens is 254 g/mol. The highest BCUT2D eigenvalue weighted by molar-refractivity contribution is 5.90. The van der Waals surface area contributed by atoms with E-state index in [2.05, 4.69) is 16.4 Å². The first kappa shape index (κ1) is 13.8. The summed E-state index contributed by atoms with van der Waals surface area (Å²) in [5, 5.41) is 12.5. The Hall–Kier alpha value is -2.61. The Morgan fingerprint density at radius 2 is 2.05 bits per heavy atom. The first-order valence-corrected chi connectivity index (χ1v) is 6.19. The zero-order valence-corrected chi connectivity index (χ0v) is 11.6. The van der Waals surface area contributed by atoms with Crippen molar-refractivity contribution < 1.29 is 9.53 Å². The van der Waals surface area contributed by atoms with Crippen molar-refractivity contribution in [1.29, 1.82) is 5.26 Å². The number of hydrogen-bond donors (Lipinski definition) is 1. The molecule has 5 nitrogen and oxygen atoms in total. The molecule has 0 aliphatic carbocycles. The average molecular weight is 269 g/mol. The number of para-hydroxylation sites is 1. The number of pyridine rings is 1. The Balaban J connectivity index is 2.32. The number of hydrogen-bond acceptors (Lipinski definition) is 4. The molecule has 0 saturated heterocycles. The zero-order chi connectivity index (χ0) is 14.8. The molecule has 0 saturated carbocycles. The van der Waals surface area contributed by atoms with Gasteiger partial charge in [-0.1, -0.05) is 18.2 Å². The molecular formula is C15H15N3O2. The van der Waals surface area contributed by atoms with Crippen LogP contribution in [-0.2, 0) is 4.74 Å². The van der Waals surface area contributed by atoms with Crippen molar-refractivity contribution in [1.82, 2.24) is 4.98 Å². The van der Waals surface area contributed by atoms with Gasteiger partial charge in [0.25, 0.3) is 0 Å². The smallest absolute Gasteiger partial charge is 0.413 e. The lowest BCUT2D eigenvalue weighted by atomic mass is 10.1. The summed E-state index contributed by atoms with van der Waals surface area (Å²) in [7, 11) is 0. The molecule has 1 N–H and O–H groups in total. The SMILES string of the molecule is CC(C)(C)OC(=O)Nc1cc(C#N)c2ccccc2n1. The molecule has 1 aromatic heterocycles. The van der Waals surface area contributed by atoms with Crippen LogP contribution in [0.2, 0.25) is 0 Å². The predicted octanol–water partition coefficient (Wildman–Crippen LogP) is 3.45. The first-order chi connectivity index (χ1) is 9.39. The predicted molar refractivity (Wildman–Crippen MR) is 76.3 cm³/mol. The van der Waals surface area contributed by atoms with Crippen LogP contribution in [-0.4, -0.2) is 16.7 Å². The maximum atomic E-state index is 11.7. The molecule has 1 amide bonds. The van der Waals surface area contributed by atoms with Gasteiger partial charge in [0.1, 0.15) is 11.4 Å². The number of rotatable bonds is 1. The number of ether oxygens (including phenoxy) is 1. The summed E-state index contributed by atoms with van der Waals surface area (Å²) in [6.07, 6.45) is -0.593. The molecule has 5 heteroatoms. The van der Waals surface area contributed by atoms with Crippen molar-refractivity contribution in [3.63, 3.8) is 0 Å². The normalized spacial score (nSPS) is 10.9. The summed E-state index contributed by atoms with van der Waals surface area (Å²) in [6.45, 7) is 5.34. The van der Waals surface area contributed by atoms with Crippen LogP contribution in [0.15, 0.2) is 30.3 Å². The van der Waals surface area contributed by atoms with Gasteiger partial charge < -0.3 is 4.74 Å². The first-order valence-electron chi connectivity index (χ1n) is 6.19. The molecule has 0 aliphatic rings. The second-order valence-corrected chi connectivity index (χ2v) is 5.31. The third-order valence-electron chi connectivity index (χ3n) is 2.47. The van der Waals surface area contributed by atoms with Gasteiger partial charge in [0.2, 0.25) is 0 Å². The zero-order valence-electron chi connectivity index (χ0n) is 11.6. The quantitative estimate of drug-likeness (QED) is 0.860. The summed E-state index contributed by atoms with van der Waals surface area (Å²) < 4.78 is 5.15. The van der Waals surface area contributed by atoms with Crippen LogP contribution in [0.3, 0.4) is 0 Å². The van der Waals surface area contributed by atoms with E-state index in [-0.39, 0.29) is 0 Å². The number of amides is 1. The second kappa shape index (κ2) is 5.17. The minimum absolute atomic E-state index is 0.300. The lowest BCUT2D eigenvalue weighted by molar-refractivity contribution is 0.0635. The summed E-state index contributed by atoms with van der Waals surface area (Å²) in [5.41, 5.74) is 0.526. The van der Waals surface area contributed by atoms with Crippen LogP contribution in [0.25, 0.3) is 10.9 Å². The van der Waals surface area contributed by atoms with E-state index in [1.165, 1.54) is 6.07 Å². The molecule has 0 radical (unpaired) electrons. The largest absolute Gasteiger partial charge is 0.444 e. The summed E-state index contributed by atoms with van der Waals surface area (Å²) >= 11 is 0. The van der Waals surface area contributed by atoms with E-state index in [4.69, 9.17) is 10.00 Å². The third-order valence-corrected chi connectivity index (χ3v) is 2.47. The van der Waals surface area contributed by atoms with E-state index in [0.29, 0.717) is 16.9 Å². The number of nitrogens with one attached hydrogen (secondary N) is 1. The topological polar surface area (TPSA) is 75.0 Å². The number of carbonyl (C=O) groups excluding carboxylic acids is 1. The minimum atomic E-state index is -0.593. The van der Waals surface area contributed by atoms with Gasteiger partial charge in [-0.3, -0.25) is 5.32 Å². The summed E-state index contributed by atoms with van der Waals surface area (Å²) in [5.74, 6) is 0.300. The molecule has 0 aliphatic heterocycles. The van der Waals surface area contributed by atoms with Crippen molar-refractivity contribution in [2.24, 2.45) is 0 Å². The highest BCUT2D eigenvalue weighted by atomic mass is 16.6. The molecule has 1 aromatic carbocycles. The Morgan fingerprint density at radius 3 is 2.70 bits per heavy atom. The van der Waals surface area contributed by atoms with Crippen LogP contribution >= 0.6 is 0 Å². The lowest BCUT2D eigenvalue weighted by Crippen LogP contribution is -2.27. The number of nitrogens with zero attached hydrogens (tertiary/aromatic N) is 2. The standard InChI is InChI=1S/C15H15N3O2/c1-15(2,3)20-14(19)18-13-8-10(9-16)11-6-4-5-7-12(11)17-13/h4-8H,1-3H3,(H,17,18,19). The van der Waals surface area contributed by atoms with Crippen molar-refractivity contribution in [2.75, 3.05) is 5.32 Å². The maximum absolute atomic E-state index is 11.7. The molecule has 0 fully saturated rings. The lowest BCUT2D eigenvalue weighted by Gasteiger charge is -2.19. The van der Waals surface area contributed by atoms with E-state index in [0.717, 1.165) is 5.39 Å². The van der Waals surface area contributed by atoms with Gasteiger partial charge in [-0.25, -0.2) is 9.78 Å². The number of fused-ring (bicyclic) bond motifs is 1. The minimum Gasteiger partial charge on any atom is -0.444 e. The molecule has 0 spiro atoms. The molecule has 102 valence electrons. The summed E-state index contributed by atoms with van der Waals surface area (Å²) in [6, 6.07) is 10.9. The van der Waals surface area contributed by atoms with Gasteiger partial charge >= 0.3 is 6.09 Å². The van der Waals surface area contributed by atoms with Crippen molar-refractivity contribution in [3.8, 4) is 6.07 Å². The van der Waals surface area contributed by atoms with Gasteiger partial charge in [0.15, 0.2) is 0 Å². The monoisotopic (exact) mass is 269 g/mol. The number of carbonyl (C=O) groups is 1. The van der Waals surface area contributed by atoms with Gasteiger partial charge in [-0.15, -0.1) is 0 Å². The fourth-order valence-corrected chi connectivity index (χ4v) is 1.74. The molecule has 0 unspecified atom stereocenters. The van der Waals surface area contributed by atoms with Crippen molar-refractivity contribution in [3.05, 3.63) is 35.9 Å². The van der Waals surface area contributed by atoms with E-state index in [1.54, 1.807) is 26.8 Å². The highest BCUT2D eigenvalue weighted by Crippen LogP contribution is 2.20. The number of benzene rings is 1. The molecule has 1 heterocycles.